The van der Waals surface area contributed by atoms with Crippen LogP contribution in [0.15, 0.2) is 30.3 Å². The number of hydrogen-bond acceptors (Lipinski definition) is 2. The van der Waals surface area contributed by atoms with E-state index in [4.69, 9.17) is 4.84 Å². The zero-order valence-electron chi connectivity index (χ0n) is 9.11. The molecule has 2 N–H and O–H groups in total. The number of amides is 2. The lowest BCUT2D eigenvalue weighted by atomic mass is 10.0. The fourth-order valence-corrected chi connectivity index (χ4v) is 1.83. The van der Waals surface area contributed by atoms with Crippen LogP contribution in [0, 0.1) is 0 Å². The average Bonchev–Trinajstić information content (AvgIpc) is 2.42. The van der Waals surface area contributed by atoms with E-state index in [-0.39, 0.29) is 12.1 Å². The molecule has 0 spiro atoms. The molecule has 1 unspecified atom stereocenters. The monoisotopic (exact) mass is 220 g/mol. The highest BCUT2D eigenvalue weighted by molar-refractivity contribution is 5.73. The van der Waals surface area contributed by atoms with Crippen molar-refractivity contribution in [3.63, 3.8) is 0 Å². The zero-order chi connectivity index (χ0) is 11.2. The van der Waals surface area contributed by atoms with E-state index in [0.29, 0.717) is 6.61 Å². The van der Waals surface area contributed by atoms with E-state index in [9.17, 15) is 4.79 Å². The van der Waals surface area contributed by atoms with E-state index in [1.165, 1.54) is 0 Å². The summed E-state index contributed by atoms with van der Waals surface area (Å²) >= 11 is 0. The Kier molecular flexibility index (Phi) is 3.77. The van der Waals surface area contributed by atoms with Crippen LogP contribution in [0.2, 0.25) is 0 Å². The van der Waals surface area contributed by atoms with Gasteiger partial charge in [-0.1, -0.05) is 30.3 Å². The smallest absolute Gasteiger partial charge is 0.330 e. The first-order chi connectivity index (χ1) is 7.86. The van der Waals surface area contributed by atoms with Gasteiger partial charge >= 0.3 is 6.03 Å². The Bertz CT molecular complexity index is 340. The maximum absolute atomic E-state index is 11.4. The van der Waals surface area contributed by atoms with Gasteiger partial charge in [-0.3, -0.25) is 4.84 Å². The summed E-state index contributed by atoms with van der Waals surface area (Å²) in [4.78, 5) is 16.4. The van der Waals surface area contributed by atoms with Gasteiger partial charge < -0.3 is 5.32 Å². The average molecular weight is 220 g/mol. The number of hydroxylamine groups is 1. The molecule has 1 saturated heterocycles. The molecule has 2 rings (SSSR count). The molecule has 4 nitrogen and oxygen atoms in total. The number of hydrogen-bond donors (Lipinski definition) is 2. The van der Waals surface area contributed by atoms with Crippen LogP contribution in [0.3, 0.4) is 0 Å². The molecule has 1 heterocycles. The molecular formula is C12H16N2O2. The number of carbonyl (C=O) groups excluding carboxylic acids is 1. The highest BCUT2D eigenvalue weighted by Crippen LogP contribution is 2.19. The quantitative estimate of drug-likeness (QED) is 0.761. The third-order valence-corrected chi connectivity index (χ3v) is 2.66. The summed E-state index contributed by atoms with van der Waals surface area (Å²) in [7, 11) is 0. The second-order valence-corrected chi connectivity index (χ2v) is 3.88. The maximum Gasteiger partial charge on any atom is 0.339 e. The minimum Gasteiger partial charge on any atom is -0.330 e. The molecule has 1 fully saturated rings. The lowest BCUT2D eigenvalue weighted by molar-refractivity contribution is 0.0612. The summed E-state index contributed by atoms with van der Waals surface area (Å²) in [5, 5.41) is 2.90. The molecule has 4 heteroatoms. The summed E-state index contributed by atoms with van der Waals surface area (Å²) in [6.45, 7) is 0.578. The topological polar surface area (TPSA) is 50.4 Å². The van der Waals surface area contributed by atoms with E-state index in [2.05, 4.69) is 10.8 Å². The van der Waals surface area contributed by atoms with Crippen molar-refractivity contribution >= 4 is 6.03 Å². The van der Waals surface area contributed by atoms with Crippen molar-refractivity contribution in [1.29, 1.82) is 0 Å². The van der Waals surface area contributed by atoms with Gasteiger partial charge in [0.15, 0.2) is 0 Å². The van der Waals surface area contributed by atoms with Gasteiger partial charge in [-0.25, -0.2) is 10.3 Å². The van der Waals surface area contributed by atoms with Crippen LogP contribution in [0.4, 0.5) is 4.79 Å². The molecule has 0 bridgehead atoms. The lowest BCUT2D eigenvalue weighted by Crippen LogP contribution is -2.37. The largest absolute Gasteiger partial charge is 0.339 e. The second-order valence-electron chi connectivity index (χ2n) is 3.88. The molecule has 1 aliphatic heterocycles. The Morgan fingerprint density at radius 3 is 2.81 bits per heavy atom. The Labute approximate surface area is 94.9 Å². The molecule has 16 heavy (non-hydrogen) atoms. The minimum atomic E-state index is -0.268. The van der Waals surface area contributed by atoms with Crippen LogP contribution < -0.4 is 10.8 Å². The SMILES string of the molecule is O=C1NOCCCCC(c2ccccc2)N1. The number of benzene rings is 1. The summed E-state index contributed by atoms with van der Waals surface area (Å²) in [6, 6.07) is 9.81. The van der Waals surface area contributed by atoms with Crippen LogP contribution in [0.25, 0.3) is 0 Å². The Morgan fingerprint density at radius 1 is 1.19 bits per heavy atom. The molecule has 1 aliphatic rings. The molecular weight excluding hydrogens is 204 g/mol. The predicted octanol–water partition coefficient (Wildman–Crippen LogP) is 2.14. The number of nitrogens with one attached hydrogen (secondary N) is 2. The highest BCUT2D eigenvalue weighted by atomic mass is 16.7. The van der Waals surface area contributed by atoms with Crippen LogP contribution in [0.1, 0.15) is 30.9 Å². The molecule has 2 amide bonds. The van der Waals surface area contributed by atoms with Gasteiger partial charge in [0.25, 0.3) is 0 Å². The maximum atomic E-state index is 11.4. The molecule has 0 radical (unpaired) electrons. The molecule has 86 valence electrons. The normalized spacial score (nSPS) is 22.2. The van der Waals surface area contributed by atoms with E-state index >= 15 is 0 Å². The summed E-state index contributed by atoms with van der Waals surface area (Å²) in [6.07, 6.45) is 2.95. The Balaban J connectivity index is 2.08. The van der Waals surface area contributed by atoms with Crippen molar-refractivity contribution in [3.05, 3.63) is 35.9 Å². The third kappa shape index (κ3) is 2.97. The first-order valence-electron chi connectivity index (χ1n) is 5.59. The van der Waals surface area contributed by atoms with Crippen molar-refractivity contribution < 1.29 is 9.63 Å². The van der Waals surface area contributed by atoms with Gasteiger partial charge in [0.1, 0.15) is 0 Å². The second kappa shape index (κ2) is 5.51. The van der Waals surface area contributed by atoms with Gasteiger partial charge in [0.05, 0.1) is 12.6 Å². The standard InChI is InChI=1S/C12H16N2O2/c15-12-13-11(8-4-5-9-16-14-12)10-6-2-1-3-7-10/h1-3,6-7,11H,4-5,8-9H2,(H2,13,14,15). The zero-order valence-corrected chi connectivity index (χ0v) is 9.11. The Morgan fingerprint density at radius 2 is 2.00 bits per heavy atom. The number of rotatable bonds is 1. The Hall–Kier alpha value is -1.55. The van der Waals surface area contributed by atoms with Gasteiger partial charge in [-0.2, -0.15) is 0 Å². The molecule has 1 atom stereocenters. The third-order valence-electron chi connectivity index (χ3n) is 2.66. The summed E-state index contributed by atoms with van der Waals surface area (Å²) < 4.78 is 0. The fraction of sp³-hybridized carbons (Fsp3) is 0.417. The highest BCUT2D eigenvalue weighted by Gasteiger charge is 2.15. The number of carbonyl (C=O) groups is 1. The van der Waals surface area contributed by atoms with Gasteiger partial charge in [-0.05, 0) is 24.8 Å². The van der Waals surface area contributed by atoms with E-state index in [0.717, 1.165) is 24.8 Å². The van der Waals surface area contributed by atoms with Crippen LogP contribution in [-0.2, 0) is 4.84 Å². The first kappa shape index (κ1) is 11.0. The van der Waals surface area contributed by atoms with Crippen molar-refractivity contribution in [3.8, 4) is 0 Å². The van der Waals surface area contributed by atoms with Crippen molar-refractivity contribution in [2.75, 3.05) is 6.61 Å². The van der Waals surface area contributed by atoms with Crippen molar-refractivity contribution in [2.45, 2.75) is 25.3 Å². The van der Waals surface area contributed by atoms with Gasteiger partial charge in [-0.15, -0.1) is 0 Å². The predicted molar refractivity (Wildman–Crippen MR) is 60.7 cm³/mol. The van der Waals surface area contributed by atoms with Crippen LogP contribution in [-0.4, -0.2) is 12.6 Å². The van der Waals surface area contributed by atoms with Crippen LogP contribution in [0.5, 0.6) is 0 Å². The summed E-state index contributed by atoms with van der Waals surface area (Å²) in [5.74, 6) is 0. The van der Waals surface area contributed by atoms with E-state index in [1.54, 1.807) is 0 Å². The summed E-state index contributed by atoms with van der Waals surface area (Å²) in [5.41, 5.74) is 3.51. The fourth-order valence-electron chi connectivity index (χ4n) is 1.83. The molecule has 0 aromatic heterocycles. The molecule has 0 saturated carbocycles. The van der Waals surface area contributed by atoms with E-state index in [1.807, 2.05) is 30.3 Å². The van der Waals surface area contributed by atoms with Gasteiger partial charge in [0, 0.05) is 0 Å². The molecule has 0 aliphatic carbocycles. The molecule has 1 aromatic carbocycles. The van der Waals surface area contributed by atoms with Crippen molar-refractivity contribution in [1.82, 2.24) is 10.8 Å². The lowest BCUT2D eigenvalue weighted by Gasteiger charge is -2.17. The van der Waals surface area contributed by atoms with Gasteiger partial charge in [0.2, 0.25) is 0 Å². The molecule has 1 aromatic rings. The van der Waals surface area contributed by atoms with Crippen LogP contribution >= 0.6 is 0 Å². The number of urea groups is 1. The minimum absolute atomic E-state index is 0.0721. The first-order valence-corrected chi connectivity index (χ1v) is 5.59. The van der Waals surface area contributed by atoms with Crippen molar-refractivity contribution in [2.24, 2.45) is 0 Å². The van der Waals surface area contributed by atoms with E-state index < -0.39 is 0 Å².